The van der Waals surface area contributed by atoms with E-state index < -0.39 is 0 Å². The van der Waals surface area contributed by atoms with Crippen molar-refractivity contribution >= 4 is 24.8 Å². The molecule has 4 heteroatoms. The molecule has 1 N–H and O–H groups in total. The minimum absolute atomic E-state index is 0. The molecule has 0 aromatic heterocycles. The maximum Gasteiger partial charge on any atom is 0.0402 e. The van der Waals surface area contributed by atoms with Crippen LogP contribution in [0.4, 0.5) is 0 Å². The lowest BCUT2D eigenvalue weighted by Gasteiger charge is -2.44. The van der Waals surface area contributed by atoms with E-state index in [1.807, 2.05) is 0 Å². The van der Waals surface area contributed by atoms with Gasteiger partial charge in [0.15, 0.2) is 0 Å². The van der Waals surface area contributed by atoms with E-state index in [4.69, 9.17) is 0 Å². The molecule has 0 bridgehead atoms. The summed E-state index contributed by atoms with van der Waals surface area (Å²) in [6.45, 7) is 18.4. The molecule has 1 atom stereocenters. The van der Waals surface area contributed by atoms with Crippen LogP contribution >= 0.6 is 24.8 Å². The first kappa shape index (κ1) is 21.7. The molecular formula is C18H32Cl2N2. The molecule has 0 spiro atoms. The highest BCUT2D eigenvalue weighted by molar-refractivity contribution is 5.85. The summed E-state index contributed by atoms with van der Waals surface area (Å²) in [5.41, 5.74) is 6.06. The van der Waals surface area contributed by atoms with Crippen LogP contribution in [0.1, 0.15) is 49.1 Å². The van der Waals surface area contributed by atoms with Gasteiger partial charge in [-0.25, -0.2) is 0 Å². The Kier molecular flexibility index (Phi) is 8.43. The number of halogens is 2. The standard InChI is InChI=1S/C18H30N2.2ClH/c1-13-11-14(2)16(15(3)12-13)17(18(4,5)6)20-9-7-19-8-10-20;;/h11-12,17,19H,7-10H2,1-6H3;2*1H/t17-;;/m0../s1. The van der Waals surface area contributed by atoms with Crippen molar-refractivity contribution in [2.24, 2.45) is 5.41 Å². The smallest absolute Gasteiger partial charge is 0.0402 e. The van der Waals surface area contributed by atoms with Gasteiger partial charge in [-0.2, -0.15) is 0 Å². The number of aryl methyl sites for hydroxylation is 3. The van der Waals surface area contributed by atoms with Gasteiger partial charge in [0, 0.05) is 32.2 Å². The summed E-state index contributed by atoms with van der Waals surface area (Å²) in [4.78, 5) is 2.67. The fraction of sp³-hybridized carbons (Fsp3) is 0.667. The molecule has 2 nitrogen and oxygen atoms in total. The second kappa shape index (κ2) is 8.54. The second-order valence-electron chi connectivity index (χ2n) is 7.37. The van der Waals surface area contributed by atoms with Crippen molar-refractivity contribution in [1.29, 1.82) is 0 Å². The van der Waals surface area contributed by atoms with E-state index in [1.165, 1.54) is 16.7 Å². The molecule has 0 saturated carbocycles. The first-order valence-corrected chi connectivity index (χ1v) is 7.83. The van der Waals surface area contributed by atoms with E-state index in [9.17, 15) is 0 Å². The molecule has 1 saturated heterocycles. The Hall–Kier alpha value is -0.280. The van der Waals surface area contributed by atoms with Gasteiger partial charge >= 0.3 is 0 Å². The van der Waals surface area contributed by atoms with Crippen molar-refractivity contribution in [2.75, 3.05) is 26.2 Å². The third-order valence-electron chi connectivity index (χ3n) is 4.35. The molecule has 1 fully saturated rings. The first-order chi connectivity index (χ1) is 9.30. The number of hydrogen-bond acceptors (Lipinski definition) is 2. The zero-order chi connectivity index (χ0) is 14.9. The maximum atomic E-state index is 3.47. The van der Waals surface area contributed by atoms with Gasteiger partial charge < -0.3 is 5.32 Å². The van der Waals surface area contributed by atoms with Crippen molar-refractivity contribution in [2.45, 2.75) is 47.6 Å². The minimum atomic E-state index is 0. The molecule has 128 valence electrons. The van der Waals surface area contributed by atoms with Gasteiger partial charge in [0.05, 0.1) is 0 Å². The highest BCUT2D eigenvalue weighted by Crippen LogP contribution is 2.41. The second-order valence-corrected chi connectivity index (χ2v) is 7.37. The van der Waals surface area contributed by atoms with Crippen molar-refractivity contribution in [3.05, 3.63) is 34.4 Å². The van der Waals surface area contributed by atoms with E-state index >= 15 is 0 Å². The van der Waals surface area contributed by atoms with Crippen molar-refractivity contribution in [3.8, 4) is 0 Å². The lowest BCUT2D eigenvalue weighted by Crippen LogP contribution is -2.48. The molecule has 1 aromatic carbocycles. The number of rotatable bonds is 2. The summed E-state index contributed by atoms with van der Waals surface area (Å²) in [6, 6.07) is 5.18. The molecule has 0 amide bonds. The average Bonchev–Trinajstić information content (AvgIpc) is 2.33. The zero-order valence-electron chi connectivity index (χ0n) is 14.8. The van der Waals surface area contributed by atoms with Crippen LogP contribution < -0.4 is 5.32 Å². The number of nitrogens with one attached hydrogen (secondary N) is 1. The van der Waals surface area contributed by atoms with Crippen LogP contribution in [-0.2, 0) is 0 Å². The molecule has 1 aromatic rings. The Morgan fingerprint density at radius 1 is 0.955 bits per heavy atom. The lowest BCUT2D eigenvalue weighted by atomic mass is 9.77. The van der Waals surface area contributed by atoms with Gasteiger partial charge in [0.2, 0.25) is 0 Å². The average molecular weight is 347 g/mol. The van der Waals surface area contributed by atoms with Crippen LogP contribution in [0, 0.1) is 26.2 Å². The zero-order valence-corrected chi connectivity index (χ0v) is 16.5. The van der Waals surface area contributed by atoms with Crippen molar-refractivity contribution in [1.82, 2.24) is 10.2 Å². The molecule has 1 aliphatic heterocycles. The summed E-state index contributed by atoms with van der Waals surface area (Å²) < 4.78 is 0. The molecule has 0 unspecified atom stereocenters. The molecule has 1 aliphatic rings. The van der Waals surface area contributed by atoms with Crippen LogP contribution in [0.3, 0.4) is 0 Å². The summed E-state index contributed by atoms with van der Waals surface area (Å²) in [5, 5.41) is 3.47. The van der Waals surface area contributed by atoms with Crippen LogP contribution in [0.15, 0.2) is 12.1 Å². The Morgan fingerprint density at radius 3 is 1.82 bits per heavy atom. The fourth-order valence-electron chi connectivity index (χ4n) is 3.73. The molecular weight excluding hydrogens is 315 g/mol. The highest BCUT2D eigenvalue weighted by atomic mass is 35.5. The van der Waals surface area contributed by atoms with Gasteiger partial charge in [-0.3, -0.25) is 4.90 Å². The van der Waals surface area contributed by atoms with Crippen LogP contribution in [-0.4, -0.2) is 31.1 Å². The minimum Gasteiger partial charge on any atom is -0.314 e. The van der Waals surface area contributed by atoms with Crippen molar-refractivity contribution < 1.29 is 0 Å². The summed E-state index contributed by atoms with van der Waals surface area (Å²) in [5.74, 6) is 0. The van der Waals surface area contributed by atoms with Gasteiger partial charge in [-0.05, 0) is 42.9 Å². The monoisotopic (exact) mass is 346 g/mol. The van der Waals surface area contributed by atoms with E-state index in [0.29, 0.717) is 6.04 Å². The summed E-state index contributed by atoms with van der Waals surface area (Å²) in [6.07, 6.45) is 0. The Balaban J connectivity index is 0.00000220. The predicted molar refractivity (Wildman–Crippen MR) is 102 cm³/mol. The molecule has 22 heavy (non-hydrogen) atoms. The van der Waals surface area contributed by atoms with Gasteiger partial charge in [-0.15, -0.1) is 24.8 Å². The van der Waals surface area contributed by atoms with E-state index in [-0.39, 0.29) is 30.2 Å². The van der Waals surface area contributed by atoms with E-state index in [1.54, 1.807) is 5.56 Å². The number of benzene rings is 1. The maximum absolute atomic E-state index is 3.47. The largest absolute Gasteiger partial charge is 0.314 e. The van der Waals surface area contributed by atoms with Crippen LogP contribution in [0.2, 0.25) is 0 Å². The predicted octanol–water partition coefficient (Wildman–Crippen LogP) is 4.45. The van der Waals surface area contributed by atoms with Crippen molar-refractivity contribution in [3.63, 3.8) is 0 Å². The first-order valence-electron chi connectivity index (χ1n) is 7.83. The topological polar surface area (TPSA) is 15.3 Å². The van der Waals surface area contributed by atoms with E-state index in [2.05, 4.69) is 63.9 Å². The number of piperazine rings is 1. The highest BCUT2D eigenvalue weighted by Gasteiger charge is 2.34. The van der Waals surface area contributed by atoms with Gasteiger partial charge in [0.25, 0.3) is 0 Å². The summed E-state index contributed by atoms with van der Waals surface area (Å²) >= 11 is 0. The quantitative estimate of drug-likeness (QED) is 0.850. The number of nitrogens with zero attached hydrogens (tertiary/aromatic N) is 1. The third-order valence-corrected chi connectivity index (χ3v) is 4.35. The number of hydrogen-bond donors (Lipinski definition) is 1. The Labute approximate surface area is 148 Å². The Morgan fingerprint density at radius 2 is 1.41 bits per heavy atom. The fourth-order valence-corrected chi connectivity index (χ4v) is 3.73. The molecule has 1 heterocycles. The van der Waals surface area contributed by atoms with Crippen LogP contribution in [0.25, 0.3) is 0 Å². The van der Waals surface area contributed by atoms with Gasteiger partial charge in [-0.1, -0.05) is 38.5 Å². The van der Waals surface area contributed by atoms with Gasteiger partial charge in [0.1, 0.15) is 0 Å². The molecule has 2 rings (SSSR count). The normalized spacial score (nSPS) is 17.4. The van der Waals surface area contributed by atoms with E-state index in [0.717, 1.165) is 26.2 Å². The molecule has 0 radical (unpaired) electrons. The Bertz CT molecular complexity index is 451. The third kappa shape index (κ3) is 4.86. The SMILES string of the molecule is Cc1cc(C)c([C@H](N2CCNCC2)C(C)(C)C)c(C)c1.Cl.Cl. The summed E-state index contributed by atoms with van der Waals surface area (Å²) in [7, 11) is 0. The molecule has 0 aliphatic carbocycles. The van der Waals surface area contributed by atoms with Crippen LogP contribution in [0.5, 0.6) is 0 Å². The lowest BCUT2D eigenvalue weighted by molar-refractivity contribution is 0.0853.